The Bertz CT molecular complexity index is 430. The molecular weight excluding hydrogens is 230 g/mol. The molecule has 0 aromatic heterocycles. The van der Waals surface area contributed by atoms with Crippen molar-refractivity contribution in [1.82, 2.24) is 4.90 Å². The fourth-order valence-corrected chi connectivity index (χ4v) is 2.36. The highest BCUT2D eigenvalue weighted by molar-refractivity contribution is 5.84. The Morgan fingerprint density at radius 3 is 2.67 bits per heavy atom. The van der Waals surface area contributed by atoms with E-state index in [0.717, 1.165) is 12.0 Å². The number of amides is 1. The smallest absolute Gasteiger partial charge is 0.326 e. The van der Waals surface area contributed by atoms with E-state index in [2.05, 4.69) is 0 Å². The van der Waals surface area contributed by atoms with Gasteiger partial charge in [0.1, 0.15) is 6.04 Å². The maximum absolute atomic E-state index is 12.0. The van der Waals surface area contributed by atoms with Gasteiger partial charge in [0, 0.05) is 13.0 Å². The number of nitrogens with zero attached hydrogens (tertiary/aromatic N) is 1. The van der Waals surface area contributed by atoms with Crippen molar-refractivity contribution in [3.05, 3.63) is 35.9 Å². The Kier molecular flexibility index (Phi) is 3.97. The van der Waals surface area contributed by atoms with E-state index < -0.39 is 12.0 Å². The summed E-state index contributed by atoms with van der Waals surface area (Å²) in [6, 6.07) is 9.16. The first-order valence-electron chi connectivity index (χ1n) is 6.24. The van der Waals surface area contributed by atoms with Gasteiger partial charge >= 0.3 is 5.97 Å². The summed E-state index contributed by atoms with van der Waals surface area (Å²) in [5, 5.41) is 9.02. The Morgan fingerprint density at radius 2 is 2.00 bits per heavy atom. The molecule has 1 amide bonds. The van der Waals surface area contributed by atoms with Crippen molar-refractivity contribution in [3.63, 3.8) is 0 Å². The third-order valence-electron chi connectivity index (χ3n) is 3.33. The van der Waals surface area contributed by atoms with Crippen LogP contribution in [0.5, 0.6) is 0 Å². The molecule has 2 rings (SSSR count). The van der Waals surface area contributed by atoms with Gasteiger partial charge in [-0.1, -0.05) is 30.3 Å². The second kappa shape index (κ2) is 5.67. The van der Waals surface area contributed by atoms with Crippen molar-refractivity contribution in [2.45, 2.75) is 31.7 Å². The third kappa shape index (κ3) is 2.88. The van der Waals surface area contributed by atoms with E-state index in [-0.39, 0.29) is 5.91 Å². The Balaban J connectivity index is 1.90. The molecule has 0 radical (unpaired) electrons. The summed E-state index contributed by atoms with van der Waals surface area (Å²) >= 11 is 0. The van der Waals surface area contributed by atoms with Gasteiger partial charge in [-0.2, -0.15) is 0 Å². The lowest BCUT2D eigenvalue weighted by molar-refractivity contribution is -0.148. The van der Waals surface area contributed by atoms with Crippen LogP contribution >= 0.6 is 0 Å². The number of carbonyl (C=O) groups excluding carboxylic acids is 1. The molecule has 1 heterocycles. The molecule has 1 atom stereocenters. The average molecular weight is 247 g/mol. The number of carboxylic acid groups (broad SMARTS) is 1. The van der Waals surface area contributed by atoms with Crippen LogP contribution in [0.25, 0.3) is 0 Å². The predicted molar refractivity (Wildman–Crippen MR) is 67.1 cm³/mol. The molecule has 1 aliphatic rings. The summed E-state index contributed by atoms with van der Waals surface area (Å²) in [5.74, 6) is -0.940. The number of benzene rings is 1. The van der Waals surface area contributed by atoms with Crippen LogP contribution in [0.1, 0.15) is 24.8 Å². The van der Waals surface area contributed by atoms with Crippen LogP contribution in [0.4, 0.5) is 0 Å². The van der Waals surface area contributed by atoms with E-state index in [1.165, 1.54) is 4.90 Å². The fourth-order valence-electron chi connectivity index (χ4n) is 2.36. The molecule has 0 aliphatic carbocycles. The molecule has 96 valence electrons. The van der Waals surface area contributed by atoms with Gasteiger partial charge in [0.05, 0.1) is 0 Å². The summed E-state index contributed by atoms with van der Waals surface area (Å²) in [7, 11) is 0. The van der Waals surface area contributed by atoms with Crippen molar-refractivity contribution in [2.75, 3.05) is 6.54 Å². The van der Waals surface area contributed by atoms with Gasteiger partial charge in [-0.25, -0.2) is 4.79 Å². The molecule has 1 N–H and O–H groups in total. The van der Waals surface area contributed by atoms with E-state index in [4.69, 9.17) is 5.11 Å². The van der Waals surface area contributed by atoms with Crippen LogP contribution in [0.15, 0.2) is 30.3 Å². The van der Waals surface area contributed by atoms with Crippen molar-refractivity contribution in [3.8, 4) is 0 Å². The summed E-state index contributed by atoms with van der Waals surface area (Å²) < 4.78 is 0. The standard InChI is InChI=1S/C14H17NO3/c16-13(9-8-11-5-2-1-3-6-11)15-10-4-7-12(15)14(17)18/h1-3,5-6,12H,4,7-10H2,(H,17,18)/t12-/m1/s1. The first kappa shape index (κ1) is 12.6. The quantitative estimate of drug-likeness (QED) is 0.881. The van der Waals surface area contributed by atoms with Gasteiger partial charge in [0.15, 0.2) is 0 Å². The van der Waals surface area contributed by atoms with E-state index in [0.29, 0.717) is 25.8 Å². The van der Waals surface area contributed by atoms with E-state index in [1.54, 1.807) is 0 Å². The maximum Gasteiger partial charge on any atom is 0.326 e. The molecule has 1 fully saturated rings. The highest BCUT2D eigenvalue weighted by Gasteiger charge is 2.33. The van der Waals surface area contributed by atoms with Crippen molar-refractivity contribution in [2.24, 2.45) is 0 Å². The number of hydrogen-bond acceptors (Lipinski definition) is 2. The first-order chi connectivity index (χ1) is 8.68. The van der Waals surface area contributed by atoms with Gasteiger partial charge in [-0.3, -0.25) is 4.79 Å². The zero-order valence-corrected chi connectivity index (χ0v) is 10.2. The number of carbonyl (C=O) groups is 2. The summed E-state index contributed by atoms with van der Waals surface area (Å²) in [6.07, 6.45) is 2.41. The van der Waals surface area contributed by atoms with Gasteiger partial charge in [0.25, 0.3) is 0 Å². The summed E-state index contributed by atoms with van der Waals surface area (Å²) in [5.41, 5.74) is 1.11. The van der Waals surface area contributed by atoms with Gasteiger partial charge in [0.2, 0.25) is 5.91 Å². The fraction of sp³-hybridized carbons (Fsp3) is 0.429. The molecule has 1 aromatic carbocycles. The molecule has 1 aromatic rings. The Morgan fingerprint density at radius 1 is 1.28 bits per heavy atom. The molecule has 0 saturated carbocycles. The molecule has 0 spiro atoms. The van der Waals surface area contributed by atoms with Crippen LogP contribution in [-0.4, -0.2) is 34.5 Å². The molecule has 0 bridgehead atoms. The largest absolute Gasteiger partial charge is 0.480 e. The zero-order chi connectivity index (χ0) is 13.0. The minimum absolute atomic E-state index is 0.0521. The zero-order valence-electron chi connectivity index (χ0n) is 10.2. The normalized spacial score (nSPS) is 18.9. The number of aryl methyl sites for hydroxylation is 1. The minimum atomic E-state index is -0.888. The van der Waals surface area contributed by atoms with Gasteiger partial charge in [-0.15, -0.1) is 0 Å². The first-order valence-corrected chi connectivity index (χ1v) is 6.24. The SMILES string of the molecule is O=C(O)[C@H]1CCCN1C(=O)CCc1ccccc1. The predicted octanol–water partition coefficient (Wildman–Crippen LogP) is 1.69. The van der Waals surface area contributed by atoms with Crippen LogP contribution in [0.2, 0.25) is 0 Å². The molecule has 1 saturated heterocycles. The Labute approximate surface area is 106 Å². The summed E-state index contributed by atoms with van der Waals surface area (Å²) in [4.78, 5) is 24.5. The van der Waals surface area contributed by atoms with Crippen LogP contribution in [0.3, 0.4) is 0 Å². The lowest BCUT2D eigenvalue weighted by Gasteiger charge is -2.21. The van der Waals surface area contributed by atoms with Crippen molar-refractivity contribution < 1.29 is 14.7 Å². The van der Waals surface area contributed by atoms with Crippen LogP contribution in [0, 0.1) is 0 Å². The lowest BCUT2D eigenvalue weighted by Crippen LogP contribution is -2.40. The van der Waals surface area contributed by atoms with Crippen molar-refractivity contribution in [1.29, 1.82) is 0 Å². The van der Waals surface area contributed by atoms with E-state index >= 15 is 0 Å². The molecule has 4 heteroatoms. The third-order valence-corrected chi connectivity index (χ3v) is 3.33. The molecule has 18 heavy (non-hydrogen) atoms. The number of carboxylic acids is 1. The lowest BCUT2D eigenvalue weighted by atomic mass is 10.1. The topological polar surface area (TPSA) is 57.6 Å². The van der Waals surface area contributed by atoms with Gasteiger partial charge in [-0.05, 0) is 24.8 Å². The van der Waals surface area contributed by atoms with E-state index in [1.807, 2.05) is 30.3 Å². The average Bonchev–Trinajstić information content (AvgIpc) is 2.86. The highest BCUT2D eigenvalue weighted by Crippen LogP contribution is 2.19. The molecule has 0 unspecified atom stereocenters. The van der Waals surface area contributed by atoms with Crippen molar-refractivity contribution >= 4 is 11.9 Å². The second-order valence-electron chi connectivity index (χ2n) is 4.57. The molecule has 1 aliphatic heterocycles. The number of aliphatic carboxylic acids is 1. The second-order valence-corrected chi connectivity index (χ2v) is 4.57. The molecular formula is C14H17NO3. The maximum atomic E-state index is 12.0. The van der Waals surface area contributed by atoms with Gasteiger partial charge < -0.3 is 10.0 Å². The minimum Gasteiger partial charge on any atom is -0.480 e. The Hall–Kier alpha value is -1.84. The van der Waals surface area contributed by atoms with Crippen LogP contribution < -0.4 is 0 Å². The number of likely N-dealkylation sites (tertiary alicyclic amines) is 1. The number of hydrogen-bond donors (Lipinski definition) is 1. The molecule has 4 nitrogen and oxygen atoms in total. The number of rotatable bonds is 4. The summed E-state index contributed by atoms with van der Waals surface area (Å²) in [6.45, 7) is 0.574. The monoisotopic (exact) mass is 247 g/mol. The highest BCUT2D eigenvalue weighted by atomic mass is 16.4. The van der Waals surface area contributed by atoms with E-state index in [9.17, 15) is 9.59 Å². The van der Waals surface area contributed by atoms with Crippen LogP contribution in [-0.2, 0) is 16.0 Å².